The normalized spacial score (nSPS) is 24.5. The van der Waals surface area contributed by atoms with Gasteiger partial charge >= 0.3 is 12.1 Å². The Morgan fingerprint density at radius 3 is 2.43 bits per heavy atom. The van der Waals surface area contributed by atoms with E-state index in [9.17, 15) is 37.2 Å². The van der Waals surface area contributed by atoms with Crippen LogP contribution in [0.15, 0.2) is 67.3 Å². The molecule has 0 bridgehead atoms. The Balaban J connectivity index is 1.20. The van der Waals surface area contributed by atoms with Crippen molar-refractivity contribution in [3.05, 3.63) is 67.3 Å². The zero-order valence-corrected chi connectivity index (χ0v) is 36.5. The number of cyclic esters (lactones) is 1. The third-order valence-corrected chi connectivity index (χ3v) is 13.2. The number of ether oxygens (including phenoxy) is 4. The molecule has 2 saturated heterocycles. The van der Waals surface area contributed by atoms with Gasteiger partial charge in [-0.3, -0.25) is 23.9 Å². The topological polar surface area (TPSA) is 238 Å². The van der Waals surface area contributed by atoms with Crippen LogP contribution in [0.4, 0.5) is 4.79 Å². The Morgan fingerprint density at radius 2 is 1.81 bits per heavy atom. The minimum absolute atomic E-state index is 0.0642. The summed E-state index contributed by atoms with van der Waals surface area (Å²) >= 11 is 0. The van der Waals surface area contributed by atoms with Crippen LogP contribution >= 0.6 is 0 Å². The number of hydrogen-bond acceptors (Lipinski definition) is 13. The molecule has 5 amide bonds. The van der Waals surface area contributed by atoms with Crippen LogP contribution in [-0.2, 0) is 43.5 Å². The first-order chi connectivity index (χ1) is 29.8. The number of nitrogens with zero attached hydrogens (tertiary/aromatic N) is 2. The minimum atomic E-state index is -3.98. The number of benzene rings is 2. The van der Waals surface area contributed by atoms with Gasteiger partial charge < -0.3 is 39.8 Å². The SMILES string of the molecule is C=C[C@@H]1C[C@]1(NC(=O)[C@@H]1C[C@@H](Oc2cc(-c3ccccc3)nc3cc(OC)ccc23)CN1C(=O)[C@H](CCC(=O)N[C@@H]1C(=O)O[C@@H]1C)NC(=O)OC(C)(C)C)C(=O)NS(=O)(=O)C1CC1. The van der Waals surface area contributed by atoms with Gasteiger partial charge in [-0.15, -0.1) is 6.58 Å². The van der Waals surface area contributed by atoms with E-state index in [1.807, 2.05) is 30.3 Å². The maximum absolute atomic E-state index is 14.8. The molecule has 0 spiro atoms. The van der Waals surface area contributed by atoms with E-state index in [-0.39, 0.29) is 32.2 Å². The van der Waals surface area contributed by atoms with Crippen LogP contribution < -0.4 is 30.1 Å². The van der Waals surface area contributed by atoms with Gasteiger partial charge in [0.2, 0.25) is 27.7 Å². The van der Waals surface area contributed by atoms with Crippen molar-refractivity contribution in [2.75, 3.05) is 13.7 Å². The molecule has 2 saturated carbocycles. The largest absolute Gasteiger partial charge is 0.497 e. The van der Waals surface area contributed by atoms with Gasteiger partial charge in [0.05, 0.1) is 30.1 Å². The third-order valence-electron chi connectivity index (χ3n) is 11.4. The van der Waals surface area contributed by atoms with Crippen molar-refractivity contribution in [2.24, 2.45) is 5.92 Å². The fourth-order valence-corrected chi connectivity index (χ4v) is 9.14. The van der Waals surface area contributed by atoms with E-state index in [1.54, 1.807) is 52.0 Å². The molecule has 2 aliphatic heterocycles. The number of carbonyl (C=O) groups excluding carboxylic acids is 6. The van der Waals surface area contributed by atoms with Gasteiger partial charge in [-0.25, -0.2) is 23.0 Å². The molecule has 3 heterocycles. The van der Waals surface area contributed by atoms with Crippen molar-refractivity contribution in [1.29, 1.82) is 0 Å². The highest BCUT2D eigenvalue weighted by Crippen LogP contribution is 2.46. The summed E-state index contributed by atoms with van der Waals surface area (Å²) in [7, 11) is -2.45. The number of nitrogens with one attached hydrogen (secondary N) is 4. The predicted molar refractivity (Wildman–Crippen MR) is 227 cm³/mol. The van der Waals surface area contributed by atoms with Gasteiger partial charge in [-0.05, 0) is 65.5 Å². The van der Waals surface area contributed by atoms with Crippen LogP contribution in [0, 0.1) is 5.92 Å². The molecule has 0 radical (unpaired) electrons. The summed E-state index contributed by atoms with van der Waals surface area (Å²) in [6, 6.07) is 12.8. The molecule has 7 rings (SSSR count). The lowest BCUT2D eigenvalue weighted by atomic mass is 10.1. The predicted octanol–water partition coefficient (Wildman–Crippen LogP) is 3.03. The summed E-state index contributed by atoms with van der Waals surface area (Å²) in [6.07, 6.45) is -0.709. The molecule has 4 fully saturated rings. The zero-order chi connectivity index (χ0) is 45.4. The van der Waals surface area contributed by atoms with Crippen LogP contribution in [0.1, 0.15) is 66.2 Å². The van der Waals surface area contributed by atoms with Crippen LogP contribution in [0.25, 0.3) is 22.2 Å². The maximum Gasteiger partial charge on any atom is 0.408 e. The van der Waals surface area contributed by atoms with Crippen LogP contribution in [-0.4, -0.2) is 114 Å². The number of hydrogen-bond donors (Lipinski definition) is 4. The molecule has 2 aromatic carbocycles. The second kappa shape index (κ2) is 17.5. The van der Waals surface area contributed by atoms with Crippen molar-refractivity contribution in [2.45, 2.75) is 113 Å². The van der Waals surface area contributed by atoms with Gasteiger partial charge in [0, 0.05) is 41.8 Å². The number of sulfonamides is 1. The summed E-state index contributed by atoms with van der Waals surface area (Å²) in [6.45, 7) is 10.1. The summed E-state index contributed by atoms with van der Waals surface area (Å²) in [4.78, 5) is 87.3. The Hall–Kier alpha value is -6.24. The number of carbonyl (C=O) groups is 6. The smallest absolute Gasteiger partial charge is 0.408 e. The lowest BCUT2D eigenvalue weighted by molar-refractivity contribution is -0.176. The van der Waals surface area contributed by atoms with Gasteiger partial charge in [-0.2, -0.15) is 0 Å². The molecule has 4 N–H and O–H groups in total. The second-order valence-electron chi connectivity index (χ2n) is 17.3. The number of pyridine rings is 1. The first-order valence-corrected chi connectivity index (χ1v) is 22.4. The molecule has 3 aromatic rings. The Morgan fingerprint density at radius 1 is 1.08 bits per heavy atom. The molecule has 336 valence electrons. The van der Waals surface area contributed by atoms with Crippen LogP contribution in [0.3, 0.4) is 0 Å². The number of fused-ring (bicyclic) bond motifs is 1. The Labute approximate surface area is 364 Å². The van der Waals surface area contributed by atoms with Crippen molar-refractivity contribution in [1.82, 2.24) is 30.6 Å². The number of rotatable bonds is 16. The maximum atomic E-state index is 14.8. The average molecular weight is 889 g/mol. The number of amides is 5. The van der Waals surface area contributed by atoms with E-state index in [0.717, 1.165) is 5.56 Å². The third kappa shape index (κ3) is 10.0. The fourth-order valence-electron chi connectivity index (χ4n) is 7.78. The molecule has 0 unspecified atom stereocenters. The van der Waals surface area contributed by atoms with Crippen LogP contribution in [0.2, 0.25) is 0 Å². The number of esters is 1. The number of methoxy groups -OCH3 is 1. The Kier molecular flexibility index (Phi) is 12.4. The van der Waals surface area contributed by atoms with Crippen molar-refractivity contribution < 1.29 is 56.1 Å². The first kappa shape index (κ1) is 44.8. The number of likely N-dealkylation sites (tertiary alicyclic amines) is 1. The standard InChI is InChI=1S/C44H52N6O12S/c1-7-26-22-44(26,41(55)49-63(57,58)29-14-15-29)48-38(52)34-20-28(61-35-21-32(25-11-9-8-10-12-25)45-33-19-27(59-6)13-16-30(33)35)23-50(34)39(53)31(46-42(56)62-43(3,4)5)17-18-36(51)47-37-24(2)60-40(37)54/h7-13,16,19,21,24,26,28-29,31,34,37H,1,14-15,17-18,20,22-23H2,2-6H3,(H,46,56)(H,47,51)(H,48,52)(H,49,55)/t24-,26-,28-,31+,34+,37+,44-/m1/s1. The lowest BCUT2D eigenvalue weighted by Crippen LogP contribution is -2.59. The Bertz CT molecular complexity index is 2440. The highest BCUT2D eigenvalue weighted by molar-refractivity contribution is 7.91. The van der Waals surface area contributed by atoms with E-state index < -0.39 is 98.4 Å². The summed E-state index contributed by atoms with van der Waals surface area (Å²) in [5, 5.41) is 7.82. The second-order valence-corrected chi connectivity index (χ2v) is 19.3. The van der Waals surface area contributed by atoms with E-state index in [0.29, 0.717) is 40.9 Å². The molecular formula is C44H52N6O12S. The van der Waals surface area contributed by atoms with Crippen molar-refractivity contribution in [3.63, 3.8) is 0 Å². The van der Waals surface area contributed by atoms with E-state index in [1.165, 1.54) is 18.1 Å². The summed E-state index contributed by atoms with van der Waals surface area (Å²) < 4.78 is 50.4. The molecule has 2 aliphatic carbocycles. The molecule has 18 nitrogen and oxygen atoms in total. The monoisotopic (exact) mass is 888 g/mol. The average Bonchev–Trinajstić information content (AvgIpc) is 4.17. The molecular weight excluding hydrogens is 837 g/mol. The van der Waals surface area contributed by atoms with E-state index in [4.69, 9.17) is 23.9 Å². The van der Waals surface area contributed by atoms with Crippen molar-refractivity contribution in [3.8, 4) is 22.8 Å². The van der Waals surface area contributed by atoms with Gasteiger partial charge in [0.1, 0.15) is 46.9 Å². The van der Waals surface area contributed by atoms with Crippen molar-refractivity contribution >= 4 is 56.6 Å². The number of alkyl carbamates (subject to hydrolysis) is 1. The fraction of sp³-hybridized carbons (Fsp3) is 0.477. The molecule has 63 heavy (non-hydrogen) atoms. The first-order valence-electron chi connectivity index (χ1n) is 20.8. The molecule has 1 aromatic heterocycles. The molecule has 4 aliphatic rings. The summed E-state index contributed by atoms with van der Waals surface area (Å²) in [5.41, 5.74) is -0.701. The molecule has 7 atom stereocenters. The van der Waals surface area contributed by atoms with Crippen LogP contribution in [0.5, 0.6) is 11.5 Å². The molecule has 19 heteroatoms. The van der Waals surface area contributed by atoms with E-state index in [2.05, 4.69) is 27.3 Å². The quantitative estimate of drug-likeness (QED) is 0.120. The lowest BCUT2D eigenvalue weighted by Gasteiger charge is -2.33. The highest BCUT2D eigenvalue weighted by Gasteiger charge is 2.62. The van der Waals surface area contributed by atoms with Gasteiger partial charge in [0.25, 0.3) is 5.91 Å². The number of aromatic nitrogens is 1. The highest BCUT2D eigenvalue weighted by atomic mass is 32.2. The zero-order valence-electron chi connectivity index (χ0n) is 35.7. The van der Waals surface area contributed by atoms with Gasteiger partial charge in [-0.1, -0.05) is 36.4 Å². The van der Waals surface area contributed by atoms with E-state index >= 15 is 0 Å². The summed E-state index contributed by atoms with van der Waals surface area (Å²) in [5.74, 6) is -3.31. The van der Waals surface area contributed by atoms with Gasteiger partial charge in [0.15, 0.2) is 6.04 Å². The minimum Gasteiger partial charge on any atom is -0.497 e.